The quantitative estimate of drug-likeness (QED) is 0.197. The molecule has 0 aliphatic rings. The van der Waals surface area contributed by atoms with Gasteiger partial charge < -0.3 is 8.83 Å². The van der Waals surface area contributed by atoms with Crippen LogP contribution in [0.15, 0.2) is 160 Å². The maximum absolute atomic E-state index is 6.29. The molecule has 0 aliphatic heterocycles. The van der Waals surface area contributed by atoms with E-state index < -0.39 is 0 Å². The molecule has 0 saturated carbocycles. The van der Waals surface area contributed by atoms with Crippen LogP contribution in [0.25, 0.3) is 99.9 Å². The van der Waals surface area contributed by atoms with Gasteiger partial charge in [-0.05, 0) is 65.0 Å². The first-order chi connectivity index (χ1) is 23.7. The Kier molecular flexibility index (Phi) is 5.81. The molecule has 3 aromatic heterocycles. The minimum Gasteiger partial charge on any atom is -0.456 e. The minimum atomic E-state index is 0.590. The fraction of sp³-hybridized carbons (Fsp3) is 0. The zero-order chi connectivity index (χ0) is 31.6. The lowest BCUT2D eigenvalue weighted by molar-refractivity contribution is 0.669. The largest absolute Gasteiger partial charge is 0.456 e. The van der Waals surface area contributed by atoms with Crippen LogP contribution >= 0.6 is 0 Å². The summed E-state index contributed by atoms with van der Waals surface area (Å²) in [6.07, 6.45) is 0. The lowest BCUT2D eigenvalue weighted by Gasteiger charge is -2.10. The van der Waals surface area contributed by atoms with Gasteiger partial charge in [-0.1, -0.05) is 103 Å². The van der Waals surface area contributed by atoms with Gasteiger partial charge in [0.2, 0.25) is 0 Å². The Bertz CT molecular complexity index is 2850. The number of hydrogen-bond donors (Lipinski definition) is 0. The number of nitrogens with zero attached hydrogens (tertiary/aromatic N) is 3. The summed E-state index contributed by atoms with van der Waals surface area (Å²) < 4.78 is 12.5. The van der Waals surface area contributed by atoms with Crippen molar-refractivity contribution in [1.82, 2.24) is 15.0 Å². The van der Waals surface area contributed by atoms with Crippen molar-refractivity contribution < 1.29 is 8.83 Å². The van der Waals surface area contributed by atoms with Crippen molar-refractivity contribution in [2.24, 2.45) is 0 Å². The van der Waals surface area contributed by atoms with E-state index in [-0.39, 0.29) is 0 Å². The Morgan fingerprint density at radius 1 is 0.312 bits per heavy atom. The molecule has 10 rings (SSSR count). The molecule has 0 aliphatic carbocycles. The van der Waals surface area contributed by atoms with E-state index in [4.69, 9.17) is 23.8 Å². The predicted octanol–water partition coefficient (Wildman–Crippen LogP) is 11.5. The topological polar surface area (TPSA) is 65.0 Å². The number of para-hydroxylation sites is 2. The standard InChI is InChI=1S/C43H25N3O2/c1-2-9-26(10-3-1)41-44-42(46-43(45-41)31-19-21-35-33-13-4-6-15-37(33)47-39(35)25-31)30-12-8-11-27(24-30)28-17-20-32-29(23-28)18-22-36-34-14-5-7-16-38(34)48-40(32)36/h1-25H. The van der Waals surface area contributed by atoms with Gasteiger partial charge in [0.05, 0.1) is 0 Å². The third kappa shape index (κ3) is 4.29. The molecular formula is C43H25N3O2. The highest BCUT2D eigenvalue weighted by Crippen LogP contribution is 2.37. The maximum Gasteiger partial charge on any atom is 0.164 e. The first-order valence-electron chi connectivity index (χ1n) is 15.9. The average Bonchev–Trinajstić information content (AvgIpc) is 3.73. The van der Waals surface area contributed by atoms with Gasteiger partial charge in [0.15, 0.2) is 17.5 Å². The minimum absolute atomic E-state index is 0.590. The lowest BCUT2D eigenvalue weighted by Crippen LogP contribution is -2.00. The van der Waals surface area contributed by atoms with Crippen LogP contribution in [0.1, 0.15) is 0 Å². The van der Waals surface area contributed by atoms with Crippen LogP contribution in [0.4, 0.5) is 0 Å². The number of aromatic nitrogens is 3. The molecular weight excluding hydrogens is 590 g/mol. The molecule has 0 spiro atoms. The summed E-state index contributed by atoms with van der Waals surface area (Å²) in [5.74, 6) is 1.81. The van der Waals surface area contributed by atoms with Gasteiger partial charge in [-0.15, -0.1) is 0 Å². The van der Waals surface area contributed by atoms with E-state index in [0.29, 0.717) is 17.5 Å². The Hall–Kier alpha value is -6.59. The van der Waals surface area contributed by atoms with Crippen molar-refractivity contribution in [2.45, 2.75) is 0 Å². The van der Waals surface area contributed by atoms with E-state index >= 15 is 0 Å². The highest BCUT2D eigenvalue weighted by molar-refractivity contribution is 6.15. The van der Waals surface area contributed by atoms with Gasteiger partial charge in [0.1, 0.15) is 22.3 Å². The van der Waals surface area contributed by atoms with Crippen molar-refractivity contribution in [1.29, 1.82) is 0 Å². The predicted molar refractivity (Wildman–Crippen MR) is 194 cm³/mol. The summed E-state index contributed by atoms with van der Waals surface area (Å²) in [6.45, 7) is 0. The van der Waals surface area contributed by atoms with E-state index in [1.165, 1.54) is 0 Å². The van der Waals surface area contributed by atoms with Crippen molar-refractivity contribution >= 4 is 54.6 Å². The van der Waals surface area contributed by atoms with E-state index in [2.05, 4.69) is 84.9 Å². The second kappa shape index (κ2) is 10.5. The molecule has 5 nitrogen and oxygen atoms in total. The molecule has 10 aromatic rings. The third-order valence-electron chi connectivity index (χ3n) is 9.12. The van der Waals surface area contributed by atoms with E-state index in [0.717, 1.165) is 82.5 Å². The van der Waals surface area contributed by atoms with Crippen LogP contribution in [0.3, 0.4) is 0 Å². The summed E-state index contributed by atoms with van der Waals surface area (Å²) >= 11 is 0. The lowest BCUT2D eigenvalue weighted by atomic mass is 9.98. The summed E-state index contributed by atoms with van der Waals surface area (Å²) in [5.41, 5.74) is 8.36. The molecule has 7 aromatic carbocycles. The van der Waals surface area contributed by atoms with Crippen LogP contribution in [-0.4, -0.2) is 15.0 Å². The van der Waals surface area contributed by atoms with Gasteiger partial charge in [-0.3, -0.25) is 0 Å². The fourth-order valence-electron chi connectivity index (χ4n) is 6.74. The molecule has 0 saturated heterocycles. The summed E-state index contributed by atoms with van der Waals surface area (Å²) in [4.78, 5) is 14.9. The zero-order valence-electron chi connectivity index (χ0n) is 25.6. The second-order valence-electron chi connectivity index (χ2n) is 12.0. The molecule has 0 radical (unpaired) electrons. The van der Waals surface area contributed by atoms with Crippen LogP contribution in [0, 0.1) is 0 Å². The van der Waals surface area contributed by atoms with E-state index in [9.17, 15) is 0 Å². The molecule has 0 fully saturated rings. The monoisotopic (exact) mass is 615 g/mol. The first-order valence-corrected chi connectivity index (χ1v) is 15.9. The highest BCUT2D eigenvalue weighted by atomic mass is 16.3. The third-order valence-corrected chi connectivity index (χ3v) is 9.12. The first kappa shape index (κ1) is 26.6. The number of furan rings is 2. The van der Waals surface area contributed by atoms with Crippen LogP contribution in [0.5, 0.6) is 0 Å². The Morgan fingerprint density at radius 2 is 0.854 bits per heavy atom. The van der Waals surface area contributed by atoms with Gasteiger partial charge >= 0.3 is 0 Å². The molecule has 5 heteroatoms. The van der Waals surface area contributed by atoms with Crippen molar-refractivity contribution in [3.8, 4) is 45.3 Å². The Morgan fingerprint density at radius 3 is 1.67 bits per heavy atom. The average molecular weight is 616 g/mol. The molecule has 0 unspecified atom stereocenters. The van der Waals surface area contributed by atoms with Crippen molar-refractivity contribution in [3.63, 3.8) is 0 Å². The molecule has 48 heavy (non-hydrogen) atoms. The molecule has 0 N–H and O–H groups in total. The Labute approximate surface area is 274 Å². The van der Waals surface area contributed by atoms with Gasteiger partial charge in [0.25, 0.3) is 0 Å². The van der Waals surface area contributed by atoms with Crippen LogP contribution in [0.2, 0.25) is 0 Å². The number of benzene rings is 7. The Balaban J connectivity index is 1.09. The van der Waals surface area contributed by atoms with Crippen molar-refractivity contribution in [2.75, 3.05) is 0 Å². The smallest absolute Gasteiger partial charge is 0.164 e. The summed E-state index contributed by atoms with van der Waals surface area (Å²) in [6, 6.07) is 51.7. The highest BCUT2D eigenvalue weighted by Gasteiger charge is 2.16. The second-order valence-corrected chi connectivity index (χ2v) is 12.0. The summed E-state index contributed by atoms with van der Waals surface area (Å²) in [7, 11) is 0. The molecule has 0 atom stereocenters. The van der Waals surface area contributed by atoms with Gasteiger partial charge in [-0.2, -0.15) is 0 Å². The zero-order valence-corrected chi connectivity index (χ0v) is 25.6. The van der Waals surface area contributed by atoms with Crippen LogP contribution < -0.4 is 0 Å². The number of fused-ring (bicyclic) bond motifs is 8. The van der Waals surface area contributed by atoms with E-state index in [1.54, 1.807) is 0 Å². The molecule has 224 valence electrons. The van der Waals surface area contributed by atoms with E-state index in [1.807, 2.05) is 66.7 Å². The molecule has 0 amide bonds. The van der Waals surface area contributed by atoms with Gasteiger partial charge in [-0.25, -0.2) is 15.0 Å². The summed E-state index contributed by atoms with van der Waals surface area (Å²) in [5, 5.41) is 6.64. The van der Waals surface area contributed by atoms with Crippen molar-refractivity contribution in [3.05, 3.63) is 152 Å². The SMILES string of the molecule is c1ccc(-c2nc(-c3cccc(-c4ccc5c(ccc6c7ccccc7oc56)c4)c3)nc(-c3ccc4c(c3)oc3ccccc34)n2)cc1. The maximum atomic E-state index is 6.29. The molecule has 0 bridgehead atoms. The number of rotatable bonds is 4. The number of hydrogen-bond acceptors (Lipinski definition) is 5. The normalized spacial score (nSPS) is 11.8. The van der Waals surface area contributed by atoms with Gasteiger partial charge in [0, 0.05) is 43.6 Å². The fourth-order valence-corrected chi connectivity index (χ4v) is 6.74. The van der Waals surface area contributed by atoms with Crippen LogP contribution in [-0.2, 0) is 0 Å². The molecule has 3 heterocycles.